The standard InChI is InChI=1S/C23H27N3O2/c1-3-5-15-25(16-6-4-2)22-12-9-19(10-13-22)7-8-20-11-14-23(26(27)28)21(17-20)18-24/h7-14,17H,3-6,15-16H2,1-2H3. The minimum absolute atomic E-state index is 0.0741. The van der Waals surface area contributed by atoms with Crippen LogP contribution >= 0.6 is 0 Å². The van der Waals surface area contributed by atoms with Crippen LogP contribution in [-0.2, 0) is 0 Å². The van der Waals surface area contributed by atoms with Crippen LogP contribution in [0.1, 0.15) is 56.2 Å². The van der Waals surface area contributed by atoms with E-state index in [2.05, 4.69) is 43.0 Å². The van der Waals surface area contributed by atoms with Gasteiger partial charge in [-0.3, -0.25) is 10.1 Å². The summed E-state index contributed by atoms with van der Waals surface area (Å²) in [6, 6.07) is 14.9. The quantitative estimate of drug-likeness (QED) is 0.287. The molecular weight excluding hydrogens is 350 g/mol. The van der Waals surface area contributed by atoms with Gasteiger partial charge < -0.3 is 4.90 Å². The molecule has 0 aliphatic rings. The second kappa shape index (κ2) is 10.9. The highest BCUT2D eigenvalue weighted by molar-refractivity contribution is 5.72. The van der Waals surface area contributed by atoms with Crippen LogP contribution in [0.5, 0.6) is 0 Å². The van der Waals surface area contributed by atoms with Gasteiger partial charge in [0.05, 0.1) is 4.92 Å². The Bertz CT molecular complexity index is 843. The molecule has 2 aromatic rings. The average molecular weight is 377 g/mol. The summed E-state index contributed by atoms with van der Waals surface area (Å²) >= 11 is 0. The molecule has 2 aromatic carbocycles. The van der Waals surface area contributed by atoms with Crippen molar-refractivity contribution in [1.29, 1.82) is 5.26 Å². The summed E-state index contributed by atoms with van der Waals surface area (Å²) in [6.45, 7) is 6.57. The van der Waals surface area contributed by atoms with Crippen molar-refractivity contribution >= 4 is 23.5 Å². The van der Waals surface area contributed by atoms with E-state index in [9.17, 15) is 10.1 Å². The molecule has 0 saturated carbocycles. The Morgan fingerprint density at radius 1 is 1.00 bits per heavy atom. The largest absolute Gasteiger partial charge is 0.372 e. The number of nitriles is 1. The minimum atomic E-state index is -0.534. The van der Waals surface area contributed by atoms with Gasteiger partial charge >= 0.3 is 0 Å². The molecule has 5 nitrogen and oxygen atoms in total. The first-order chi connectivity index (χ1) is 13.6. The molecule has 0 saturated heterocycles. The van der Waals surface area contributed by atoms with Crippen LogP contribution in [0, 0.1) is 21.4 Å². The van der Waals surface area contributed by atoms with Gasteiger partial charge in [-0.15, -0.1) is 0 Å². The van der Waals surface area contributed by atoms with E-state index in [-0.39, 0.29) is 11.3 Å². The summed E-state index contributed by atoms with van der Waals surface area (Å²) in [5.41, 5.74) is 2.96. The number of nitro benzene ring substituents is 1. The summed E-state index contributed by atoms with van der Waals surface area (Å²) in [6.07, 6.45) is 8.56. The topological polar surface area (TPSA) is 70.2 Å². The Kier molecular flexibility index (Phi) is 8.23. The number of nitrogens with zero attached hydrogens (tertiary/aromatic N) is 3. The van der Waals surface area contributed by atoms with Crippen molar-refractivity contribution in [3.63, 3.8) is 0 Å². The highest BCUT2D eigenvalue weighted by atomic mass is 16.6. The van der Waals surface area contributed by atoms with Crippen LogP contribution in [0.25, 0.3) is 12.2 Å². The van der Waals surface area contributed by atoms with Crippen LogP contribution < -0.4 is 4.90 Å². The van der Waals surface area contributed by atoms with Gasteiger partial charge in [0.25, 0.3) is 5.69 Å². The van der Waals surface area contributed by atoms with Crippen LogP contribution in [0.3, 0.4) is 0 Å². The van der Waals surface area contributed by atoms with Crippen LogP contribution in [-0.4, -0.2) is 18.0 Å². The third kappa shape index (κ3) is 5.95. The smallest absolute Gasteiger partial charge is 0.287 e. The molecule has 0 aliphatic heterocycles. The zero-order valence-electron chi connectivity index (χ0n) is 16.6. The van der Waals surface area contributed by atoms with Gasteiger partial charge in [-0.05, 0) is 48.2 Å². The van der Waals surface area contributed by atoms with Crippen LogP contribution in [0.4, 0.5) is 11.4 Å². The highest BCUT2D eigenvalue weighted by Crippen LogP contribution is 2.21. The molecular formula is C23H27N3O2. The first-order valence-electron chi connectivity index (χ1n) is 9.80. The molecule has 146 valence electrons. The number of anilines is 1. The lowest BCUT2D eigenvalue weighted by molar-refractivity contribution is -0.385. The summed E-state index contributed by atoms with van der Waals surface area (Å²) in [5, 5.41) is 20.0. The Labute approximate surface area is 167 Å². The number of rotatable bonds is 10. The van der Waals surface area contributed by atoms with Crippen LogP contribution in [0.2, 0.25) is 0 Å². The molecule has 0 radical (unpaired) electrons. The van der Waals surface area contributed by atoms with Crippen molar-refractivity contribution in [2.45, 2.75) is 39.5 Å². The second-order valence-electron chi connectivity index (χ2n) is 6.76. The lowest BCUT2D eigenvalue weighted by Crippen LogP contribution is -2.25. The fraction of sp³-hybridized carbons (Fsp3) is 0.348. The summed E-state index contributed by atoms with van der Waals surface area (Å²) in [7, 11) is 0. The molecule has 0 unspecified atom stereocenters. The van der Waals surface area contributed by atoms with Gasteiger partial charge in [0.2, 0.25) is 0 Å². The number of nitro groups is 1. The second-order valence-corrected chi connectivity index (χ2v) is 6.76. The fourth-order valence-electron chi connectivity index (χ4n) is 2.96. The zero-order chi connectivity index (χ0) is 20.4. The normalized spacial score (nSPS) is 10.8. The van der Waals surface area contributed by atoms with E-state index in [1.54, 1.807) is 12.1 Å². The molecule has 0 N–H and O–H groups in total. The molecule has 5 heteroatoms. The molecule has 0 atom stereocenters. The Balaban J connectivity index is 2.12. The van der Waals surface area contributed by atoms with E-state index in [0.717, 1.165) is 24.2 Å². The summed E-state index contributed by atoms with van der Waals surface area (Å²) in [5.74, 6) is 0. The van der Waals surface area contributed by atoms with Crippen LogP contribution in [0.15, 0.2) is 42.5 Å². The molecule has 0 amide bonds. The maximum absolute atomic E-state index is 10.9. The van der Waals surface area contributed by atoms with Crippen molar-refractivity contribution in [3.8, 4) is 6.07 Å². The van der Waals surface area contributed by atoms with Gasteiger partial charge in [-0.2, -0.15) is 5.26 Å². The van der Waals surface area contributed by atoms with E-state index in [4.69, 9.17) is 5.26 Å². The van der Waals surface area contributed by atoms with E-state index in [0.29, 0.717) is 0 Å². The number of hydrogen-bond donors (Lipinski definition) is 0. The minimum Gasteiger partial charge on any atom is -0.372 e. The first kappa shape index (κ1) is 21.2. The van der Waals surface area contributed by atoms with Gasteiger partial charge in [0.1, 0.15) is 11.6 Å². The predicted octanol–water partition coefficient (Wildman–Crippen LogP) is 6.04. The summed E-state index contributed by atoms with van der Waals surface area (Å²) < 4.78 is 0. The van der Waals surface area contributed by atoms with Crippen molar-refractivity contribution in [1.82, 2.24) is 0 Å². The lowest BCUT2D eigenvalue weighted by atomic mass is 10.1. The third-order valence-electron chi connectivity index (χ3n) is 4.63. The number of hydrogen-bond acceptors (Lipinski definition) is 4. The Hall–Kier alpha value is -3.13. The average Bonchev–Trinajstić information content (AvgIpc) is 2.72. The zero-order valence-corrected chi connectivity index (χ0v) is 16.6. The molecule has 0 fully saturated rings. The van der Waals surface area contributed by atoms with Gasteiger partial charge in [-0.1, -0.05) is 51.0 Å². The molecule has 0 heterocycles. The van der Waals surface area contributed by atoms with Crippen molar-refractivity contribution in [3.05, 3.63) is 69.3 Å². The number of benzene rings is 2. The Morgan fingerprint density at radius 2 is 1.57 bits per heavy atom. The van der Waals surface area contributed by atoms with Gasteiger partial charge in [0.15, 0.2) is 0 Å². The Morgan fingerprint density at radius 3 is 2.11 bits per heavy atom. The molecule has 0 bridgehead atoms. The van der Waals surface area contributed by atoms with Crippen molar-refractivity contribution in [2.75, 3.05) is 18.0 Å². The molecule has 0 aliphatic carbocycles. The molecule has 2 rings (SSSR count). The monoisotopic (exact) mass is 377 g/mol. The summed E-state index contributed by atoms with van der Waals surface area (Å²) in [4.78, 5) is 12.8. The van der Waals surface area contributed by atoms with E-state index >= 15 is 0 Å². The van der Waals surface area contributed by atoms with E-state index < -0.39 is 4.92 Å². The van der Waals surface area contributed by atoms with E-state index in [1.807, 2.05) is 18.2 Å². The van der Waals surface area contributed by atoms with Gasteiger partial charge in [-0.25, -0.2) is 0 Å². The maximum atomic E-state index is 10.9. The van der Waals surface area contributed by atoms with Crippen molar-refractivity contribution < 1.29 is 4.92 Å². The first-order valence-corrected chi connectivity index (χ1v) is 9.80. The van der Waals surface area contributed by atoms with E-state index in [1.165, 1.54) is 37.4 Å². The fourth-order valence-corrected chi connectivity index (χ4v) is 2.96. The highest BCUT2D eigenvalue weighted by Gasteiger charge is 2.12. The predicted molar refractivity (Wildman–Crippen MR) is 115 cm³/mol. The lowest BCUT2D eigenvalue weighted by Gasteiger charge is -2.24. The molecule has 0 spiro atoms. The number of unbranched alkanes of at least 4 members (excludes halogenated alkanes) is 2. The molecule has 0 aromatic heterocycles. The SMILES string of the molecule is CCCCN(CCCC)c1ccc(C=Cc2ccc([N+](=O)[O-])c(C#N)c2)cc1. The maximum Gasteiger partial charge on any atom is 0.287 e. The van der Waals surface area contributed by atoms with Gasteiger partial charge in [0, 0.05) is 24.8 Å². The molecule has 28 heavy (non-hydrogen) atoms. The third-order valence-corrected chi connectivity index (χ3v) is 4.63. The van der Waals surface area contributed by atoms with Crippen molar-refractivity contribution in [2.24, 2.45) is 0 Å².